The molecule has 0 spiro atoms. The summed E-state index contributed by atoms with van der Waals surface area (Å²) in [5.74, 6) is -3.93. The number of hydrogen-bond donors (Lipinski definition) is 2. The van der Waals surface area contributed by atoms with E-state index < -0.39 is 23.2 Å². The van der Waals surface area contributed by atoms with Gasteiger partial charge in [0.15, 0.2) is 0 Å². The van der Waals surface area contributed by atoms with Crippen LogP contribution in [0, 0.1) is 11.6 Å². The summed E-state index contributed by atoms with van der Waals surface area (Å²) in [5, 5.41) is 10.8. The van der Waals surface area contributed by atoms with Crippen molar-refractivity contribution in [2.24, 2.45) is 0 Å². The third kappa shape index (κ3) is 7.43. The van der Waals surface area contributed by atoms with Gasteiger partial charge >= 0.3 is 5.97 Å². The number of rotatable bonds is 5. The van der Waals surface area contributed by atoms with Crippen LogP contribution in [-0.4, -0.2) is 59.6 Å². The van der Waals surface area contributed by atoms with E-state index in [1.54, 1.807) is 0 Å². The normalized spacial score (nSPS) is 14.6. The second-order valence-corrected chi connectivity index (χ2v) is 7.74. The van der Waals surface area contributed by atoms with Crippen molar-refractivity contribution in [3.05, 3.63) is 63.6 Å². The van der Waals surface area contributed by atoms with Crippen molar-refractivity contribution in [3.8, 4) is 0 Å². The van der Waals surface area contributed by atoms with Crippen LogP contribution in [0.1, 0.15) is 15.9 Å². The van der Waals surface area contributed by atoms with Gasteiger partial charge in [-0.05, 0) is 36.9 Å². The highest BCUT2D eigenvalue weighted by Gasteiger charge is 2.17. The Kier molecular flexibility index (Phi) is 9.09. The number of likely N-dealkylation sites (N-methyl/N-ethyl adjacent to an activating group) is 1. The second kappa shape index (κ2) is 11.3. The van der Waals surface area contributed by atoms with Crippen LogP contribution in [0.2, 0.25) is 0 Å². The minimum absolute atomic E-state index is 0.0694. The molecule has 0 unspecified atom stereocenters. The van der Waals surface area contributed by atoms with Gasteiger partial charge in [0.05, 0.1) is 5.49 Å². The first-order valence-corrected chi connectivity index (χ1v) is 10.1. The van der Waals surface area contributed by atoms with Crippen LogP contribution < -0.4 is 5.32 Å². The van der Waals surface area contributed by atoms with E-state index >= 15 is 0 Å². The fraction of sp³-hybridized carbons (Fsp3) is 0.300. The average molecular weight is 486 g/mol. The van der Waals surface area contributed by atoms with Crippen molar-refractivity contribution in [1.29, 1.82) is 0 Å². The third-order valence-electron chi connectivity index (χ3n) is 4.40. The average Bonchev–Trinajstić information content (AvgIpc) is 2.65. The number of benzene rings is 2. The molecule has 1 fully saturated rings. The summed E-state index contributed by atoms with van der Waals surface area (Å²) in [4.78, 5) is 15.3. The molecule has 1 aliphatic heterocycles. The Balaban J connectivity index is 0.000000208. The number of hydrogen-bond acceptors (Lipinski definition) is 4. The van der Waals surface area contributed by atoms with E-state index in [0.29, 0.717) is 0 Å². The van der Waals surface area contributed by atoms with Crippen LogP contribution in [0.25, 0.3) is 0 Å². The molecule has 0 atom stereocenters. The summed E-state index contributed by atoms with van der Waals surface area (Å²) in [6, 6.07) is 10.3. The topological polar surface area (TPSA) is 55.8 Å². The molecule has 0 bridgehead atoms. The molecule has 5 nitrogen and oxygen atoms in total. The molecule has 0 aliphatic carbocycles. The molecule has 0 amide bonds. The van der Waals surface area contributed by atoms with Crippen molar-refractivity contribution in [1.82, 2.24) is 9.80 Å². The number of nitrogens with zero attached hydrogens (tertiary/aromatic N) is 2. The first-order valence-electron chi connectivity index (χ1n) is 8.88. The maximum absolute atomic E-state index is 13.0. The first-order chi connectivity index (χ1) is 13.8. The van der Waals surface area contributed by atoms with Crippen LogP contribution in [0.5, 0.6) is 0 Å². The van der Waals surface area contributed by atoms with Crippen molar-refractivity contribution in [3.63, 3.8) is 0 Å². The molecule has 0 saturated carbocycles. The molecule has 1 aliphatic rings. The molecule has 156 valence electrons. The summed E-state index contributed by atoms with van der Waals surface area (Å²) in [5.41, 5.74) is 1.57. The zero-order chi connectivity index (χ0) is 21.4. The molecule has 1 saturated heterocycles. The second-order valence-electron chi connectivity index (χ2n) is 6.59. The number of anilines is 1. The van der Waals surface area contributed by atoms with Crippen LogP contribution in [0.3, 0.4) is 0 Å². The van der Waals surface area contributed by atoms with Gasteiger partial charge in [0.25, 0.3) is 0 Å². The highest BCUT2D eigenvalue weighted by molar-refractivity contribution is 9.10. The standard InChI is InChI=1S/C12H17BrN2.C8H5F2NO2S/c1-14-6-8-15(9-7-14)10-11-2-4-12(13)5-3-11;9-5-1-4(11-3-14)2-6(10)7(5)8(12)13/h2-5H,6-10H2,1H3;1-3H,(H,11,14)(H,12,13). The number of halogens is 3. The smallest absolute Gasteiger partial charge is 0.341 e. The van der Waals surface area contributed by atoms with Crippen LogP contribution in [0.4, 0.5) is 14.5 Å². The fourth-order valence-corrected chi connectivity index (χ4v) is 3.18. The molecule has 2 aromatic rings. The van der Waals surface area contributed by atoms with E-state index in [9.17, 15) is 13.6 Å². The summed E-state index contributed by atoms with van der Waals surface area (Å²) >= 11 is 7.87. The molecular weight excluding hydrogens is 464 g/mol. The lowest BCUT2D eigenvalue weighted by Crippen LogP contribution is -2.43. The molecular formula is C20H22BrF2N3O2S. The Hall–Kier alpha value is -1.94. The number of carboxylic acid groups (broad SMARTS) is 1. The zero-order valence-electron chi connectivity index (χ0n) is 15.9. The van der Waals surface area contributed by atoms with Gasteiger partial charge in [-0.25, -0.2) is 13.6 Å². The Labute approximate surface area is 182 Å². The highest BCUT2D eigenvalue weighted by Crippen LogP contribution is 2.18. The van der Waals surface area contributed by atoms with Gasteiger partial charge in [-0.15, -0.1) is 0 Å². The highest BCUT2D eigenvalue weighted by atomic mass is 79.9. The van der Waals surface area contributed by atoms with Gasteiger partial charge < -0.3 is 15.3 Å². The number of carboxylic acids is 1. The molecule has 1 heterocycles. The number of piperazine rings is 1. The Morgan fingerprint density at radius 3 is 2.21 bits per heavy atom. The molecule has 0 aromatic heterocycles. The number of thiocarbonyl (C=S) groups is 1. The Bertz CT molecular complexity index is 821. The van der Waals surface area contributed by atoms with Gasteiger partial charge in [0.2, 0.25) is 0 Å². The lowest BCUT2D eigenvalue weighted by Gasteiger charge is -2.32. The molecule has 9 heteroatoms. The van der Waals surface area contributed by atoms with E-state index in [2.05, 4.69) is 74.6 Å². The largest absolute Gasteiger partial charge is 0.477 e. The molecule has 2 N–H and O–H groups in total. The molecule has 0 radical (unpaired) electrons. The van der Waals surface area contributed by atoms with Crippen LogP contribution in [0.15, 0.2) is 40.9 Å². The fourth-order valence-electron chi connectivity index (χ4n) is 2.78. The van der Waals surface area contributed by atoms with E-state index in [0.717, 1.165) is 28.6 Å². The Morgan fingerprint density at radius 2 is 1.72 bits per heavy atom. The van der Waals surface area contributed by atoms with Crippen molar-refractivity contribution in [2.45, 2.75) is 6.54 Å². The summed E-state index contributed by atoms with van der Waals surface area (Å²) in [6.07, 6.45) is 0. The van der Waals surface area contributed by atoms with E-state index in [-0.39, 0.29) is 5.69 Å². The minimum Gasteiger partial charge on any atom is -0.477 e. The number of carbonyl (C=O) groups is 1. The summed E-state index contributed by atoms with van der Waals surface area (Å²) < 4.78 is 27.1. The number of nitrogens with one attached hydrogen (secondary N) is 1. The minimum atomic E-state index is -1.64. The van der Waals surface area contributed by atoms with Crippen LogP contribution in [-0.2, 0) is 6.54 Å². The maximum atomic E-state index is 13.0. The predicted molar refractivity (Wildman–Crippen MR) is 118 cm³/mol. The summed E-state index contributed by atoms with van der Waals surface area (Å²) in [6.45, 7) is 5.84. The maximum Gasteiger partial charge on any atom is 0.341 e. The van der Waals surface area contributed by atoms with Gasteiger partial charge in [-0.3, -0.25) is 4.90 Å². The van der Waals surface area contributed by atoms with Gasteiger partial charge in [0.1, 0.15) is 17.2 Å². The van der Waals surface area contributed by atoms with Crippen molar-refractivity contribution in [2.75, 3.05) is 38.5 Å². The predicted octanol–water partition coefficient (Wildman–Crippen LogP) is 4.23. The zero-order valence-corrected chi connectivity index (χ0v) is 18.3. The van der Waals surface area contributed by atoms with Gasteiger partial charge in [-0.2, -0.15) is 0 Å². The van der Waals surface area contributed by atoms with Crippen molar-refractivity contribution < 1.29 is 18.7 Å². The van der Waals surface area contributed by atoms with E-state index in [1.165, 1.54) is 31.7 Å². The van der Waals surface area contributed by atoms with Crippen LogP contribution >= 0.6 is 28.1 Å². The quantitative estimate of drug-likeness (QED) is 0.618. The number of aromatic carboxylic acids is 1. The molecule has 2 aromatic carbocycles. The lowest BCUT2D eigenvalue weighted by atomic mass is 10.2. The third-order valence-corrected chi connectivity index (χ3v) is 5.04. The molecule has 3 rings (SSSR count). The summed E-state index contributed by atoms with van der Waals surface area (Å²) in [7, 11) is 2.19. The van der Waals surface area contributed by atoms with Gasteiger partial charge in [-0.1, -0.05) is 40.3 Å². The van der Waals surface area contributed by atoms with Crippen molar-refractivity contribution >= 4 is 45.3 Å². The van der Waals surface area contributed by atoms with Gasteiger partial charge in [0, 0.05) is 42.9 Å². The first kappa shape index (κ1) is 23.3. The van der Waals surface area contributed by atoms with E-state index in [4.69, 9.17) is 5.11 Å². The monoisotopic (exact) mass is 485 g/mol. The Morgan fingerprint density at radius 1 is 1.17 bits per heavy atom. The SMILES string of the molecule is CN1CCN(Cc2ccc(Br)cc2)CC1.O=C(O)c1c(F)cc(NC=S)cc1F. The van der Waals surface area contributed by atoms with E-state index in [1.807, 2.05) is 0 Å². The molecule has 29 heavy (non-hydrogen) atoms. The lowest BCUT2D eigenvalue weighted by molar-refractivity contribution is 0.0686.